The molecule has 1 unspecified atom stereocenters. The molecule has 0 aliphatic heterocycles. The molecule has 4 rings (SSSR count). The number of hydrogen-bond acceptors (Lipinski definition) is 5. The molecular formula is C29H35NO4. The predicted octanol–water partition coefficient (Wildman–Crippen LogP) is 4.69. The second-order valence-corrected chi connectivity index (χ2v) is 8.51. The SMILES string of the molecule is CNCc1ccc(OC)c(OCc2ccccc2)c1CC(C=O)C1(c2ccccc2)CC1.CO. The molecule has 1 aliphatic rings. The maximum absolute atomic E-state index is 12.4. The minimum atomic E-state index is -0.119. The molecule has 3 aromatic rings. The van der Waals surface area contributed by atoms with Gasteiger partial charge < -0.3 is 24.7 Å². The van der Waals surface area contributed by atoms with Crippen LogP contribution in [0.1, 0.15) is 35.1 Å². The van der Waals surface area contributed by atoms with E-state index < -0.39 is 0 Å². The summed E-state index contributed by atoms with van der Waals surface area (Å²) in [5.74, 6) is 1.32. The van der Waals surface area contributed by atoms with E-state index in [1.165, 1.54) is 5.56 Å². The normalized spacial score (nSPS) is 14.4. The van der Waals surface area contributed by atoms with E-state index in [9.17, 15) is 4.79 Å². The van der Waals surface area contributed by atoms with Crippen molar-refractivity contribution in [2.75, 3.05) is 21.3 Å². The first-order valence-corrected chi connectivity index (χ1v) is 11.7. The molecule has 180 valence electrons. The van der Waals surface area contributed by atoms with Crippen molar-refractivity contribution in [2.24, 2.45) is 5.92 Å². The first-order valence-electron chi connectivity index (χ1n) is 11.7. The Labute approximate surface area is 202 Å². The summed E-state index contributed by atoms with van der Waals surface area (Å²) in [6.45, 7) is 1.15. The van der Waals surface area contributed by atoms with Gasteiger partial charge in [-0.25, -0.2) is 0 Å². The predicted molar refractivity (Wildman–Crippen MR) is 135 cm³/mol. The number of rotatable bonds is 11. The molecule has 5 heteroatoms. The van der Waals surface area contributed by atoms with Crippen LogP contribution in [0.25, 0.3) is 0 Å². The van der Waals surface area contributed by atoms with Crippen LogP contribution in [0.3, 0.4) is 0 Å². The molecule has 1 fully saturated rings. The summed E-state index contributed by atoms with van der Waals surface area (Å²) in [5.41, 5.74) is 4.44. The Kier molecular flexibility index (Phi) is 9.25. The molecule has 1 aliphatic carbocycles. The molecule has 0 amide bonds. The van der Waals surface area contributed by atoms with Crippen molar-refractivity contribution in [3.8, 4) is 11.5 Å². The Morgan fingerprint density at radius 1 is 1.00 bits per heavy atom. The van der Waals surface area contributed by atoms with Crippen LogP contribution in [0.4, 0.5) is 0 Å². The highest BCUT2D eigenvalue weighted by molar-refractivity contribution is 5.62. The van der Waals surface area contributed by atoms with Gasteiger partial charge in [0.2, 0.25) is 0 Å². The number of aliphatic hydroxyl groups is 1. The van der Waals surface area contributed by atoms with Gasteiger partial charge in [-0.2, -0.15) is 0 Å². The van der Waals surface area contributed by atoms with Gasteiger partial charge in [-0.05, 0) is 49.1 Å². The van der Waals surface area contributed by atoms with Crippen LogP contribution in [0.5, 0.6) is 11.5 Å². The molecule has 0 aromatic heterocycles. The quantitative estimate of drug-likeness (QED) is 0.406. The van der Waals surface area contributed by atoms with Gasteiger partial charge in [-0.1, -0.05) is 66.7 Å². The van der Waals surface area contributed by atoms with Crippen LogP contribution < -0.4 is 14.8 Å². The average molecular weight is 462 g/mol. The molecule has 34 heavy (non-hydrogen) atoms. The summed E-state index contributed by atoms with van der Waals surface area (Å²) >= 11 is 0. The molecule has 0 bridgehead atoms. The molecule has 1 saturated carbocycles. The number of ether oxygens (including phenoxy) is 2. The lowest BCUT2D eigenvalue weighted by Gasteiger charge is -2.26. The molecular weight excluding hydrogens is 426 g/mol. The maximum atomic E-state index is 12.4. The zero-order valence-electron chi connectivity index (χ0n) is 20.3. The van der Waals surface area contributed by atoms with Crippen LogP contribution >= 0.6 is 0 Å². The second-order valence-electron chi connectivity index (χ2n) is 8.51. The third-order valence-corrected chi connectivity index (χ3v) is 6.57. The highest BCUT2D eigenvalue weighted by Crippen LogP contribution is 2.55. The smallest absolute Gasteiger partial charge is 0.165 e. The molecule has 0 saturated heterocycles. The number of nitrogens with one attached hydrogen (secondary N) is 1. The first kappa shape index (κ1) is 25.5. The van der Waals surface area contributed by atoms with Crippen molar-refractivity contribution in [1.29, 1.82) is 0 Å². The fraction of sp³-hybridized carbons (Fsp3) is 0.345. The molecule has 2 N–H and O–H groups in total. The summed E-state index contributed by atoms with van der Waals surface area (Å²) in [7, 11) is 4.60. The van der Waals surface area contributed by atoms with Crippen LogP contribution in [0.15, 0.2) is 72.8 Å². The van der Waals surface area contributed by atoms with E-state index in [0.717, 1.165) is 48.7 Å². The lowest BCUT2D eigenvalue weighted by molar-refractivity contribution is -0.112. The van der Waals surface area contributed by atoms with Gasteiger partial charge in [0, 0.05) is 30.6 Å². The van der Waals surface area contributed by atoms with Gasteiger partial charge in [0.25, 0.3) is 0 Å². The van der Waals surface area contributed by atoms with E-state index in [0.29, 0.717) is 25.3 Å². The summed E-state index contributed by atoms with van der Waals surface area (Å²) in [6.07, 6.45) is 3.83. The first-order chi connectivity index (χ1) is 16.7. The van der Waals surface area contributed by atoms with Gasteiger partial charge in [0.05, 0.1) is 7.11 Å². The van der Waals surface area contributed by atoms with E-state index in [-0.39, 0.29) is 11.3 Å². The number of hydrogen-bond donors (Lipinski definition) is 2. The molecule has 1 atom stereocenters. The fourth-order valence-corrected chi connectivity index (χ4v) is 4.65. The van der Waals surface area contributed by atoms with Crippen molar-refractivity contribution in [2.45, 2.75) is 37.8 Å². The maximum Gasteiger partial charge on any atom is 0.165 e. The Bertz CT molecular complexity index is 1030. The summed E-state index contributed by atoms with van der Waals surface area (Å²) in [4.78, 5) is 12.4. The summed E-state index contributed by atoms with van der Waals surface area (Å²) < 4.78 is 12.0. The zero-order chi connectivity index (χ0) is 24.4. The number of aldehydes is 1. The van der Waals surface area contributed by atoms with Crippen molar-refractivity contribution in [3.05, 3.63) is 95.1 Å². The highest BCUT2D eigenvalue weighted by atomic mass is 16.5. The lowest BCUT2D eigenvalue weighted by Crippen LogP contribution is -2.25. The van der Waals surface area contributed by atoms with Gasteiger partial charge in [0.15, 0.2) is 11.5 Å². The minimum Gasteiger partial charge on any atom is -0.493 e. The Morgan fingerprint density at radius 2 is 1.65 bits per heavy atom. The van der Waals surface area contributed by atoms with E-state index in [1.54, 1.807) is 7.11 Å². The van der Waals surface area contributed by atoms with Gasteiger partial charge in [0.1, 0.15) is 12.9 Å². The Hall–Kier alpha value is -3.15. The van der Waals surface area contributed by atoms with Crippen molar-refractivity contribution >= 4 is 6.29 Å². The van der Waals surface area contributed by atoms with E-state index in [2.05, 4.69) is 35.6 Å². The van der Waals surface area contributed by atoms with Gasteiger partial charge in [-0.15, -0.1) is 0 Å². The molecule has 0 heterocycles. The van der Waals surface area contributed by atoms with Crippen LogP contribution in [-0.2, 0) is 29.8 Å². The molecule has 0 spiro atoms. The van der Waals surface area contributed by atoms with Gasteiger partial charge >= 0.3 is 0 Å². The molecule has 3 aromatic carbocycles. The Morgan fingerprint density at radius 3 is 2.21 bits per heavy atom. The largest absolute Gasteiger partial charge is 0.493 e. The highest BCUT2D eigenvalue weighted by Gasteiger charge is 2.50. The van der Waals surface area contributed by atoms with E-state index in [4.69, 9.17) is 14.6 Å². The van der Waals surface area contributed by atoms with E-state index >= 15 is 0 Å². The third-order valence-electron chi connectivity index (χ3n) is 6.57. The number of carbonyl (C=O) groups is 1. The standard InChI is InChI=1S/C28H31NO3.CH4O/c1-29-18-22-13-14-26(31-2)27(32-20-21-9-5-3-6-10-21)25(22)17-24(19-30)28(15-16-28)23-11-7-4-8-12-23;1-2/h3-14,19,24,29H,15-18,20H2,1-2H3;2H,1H3. The molecule has 0 radical (unpaired) electrons. The van der Waals surface area contributed by atoms with Gasteiger partial charge in [-0.3, -0.25) is 0 Å². The number of methoxy groups -OCH3 is 1. The number of benzene rings is 3. The van der Waals surface area contributed by atoms with Crippen molar-refractivity contribution in [1.82, 2.24) is 5.32 Å². The van der Waals surface area contributed by atoms with Crippen LogP contribution in [0.2, 0.25) is 0 Å². The third kappa shape index (κ3) is 5.66. The van der Waals surface area contributed by atoms with Crippen molar-refractivity contribution < 1.29 is 19.4 Å². The topological polar surface area (TPSA) is 67.8 Å². The summed E-state index contributed by atoms with van der Waals surface area (Å²) in [5, 5.41) is 10.3. The number of carbonyl (C=O) groups excluding carboxylic acids is 1. The van der Waals surface area contributed by atoms with E-state index in [1.807, 2.05) is 49.5 Å². The lowest BCUT2D eigenvalue weighted by atomic mass is 9.79. The fourth-order valence-electron chi connectivity index (χ4n) is 4.65. The minimum absolute atomic E-state index is 0.0836. The second kappa shape index (κ2) is 12.4. The van der Waals surface area contributed by atoms with Crippen molar-refractivity contribution in [3.63, 3.8) is 0 Å². The monoisotopic (exact) mass is 461 g/mol. The molecule has 5 nitrogen and oxygen atoms in total. The average Bonchev–Trinajstić information content (AvgIpc) is 3.71. The van der Waals surface area contributed by atoms with Crippen LogP contribution in [0, 0.1) is 5.92 Å². The summed E-state index contributed by atoms with van der Waals surface area (Å²) in [6, 6.07) is 24.6. The Balaban J connectivity index is 0.00000158. The zero-order valence-corrected chi connectivity index (χ0v) is 20.3. The number of aliphatic hydroxyl groups excluding tert-OH is 1. The van der Waals surface area contributed by atoms with Crippen LogP contribution in [-0.4, -0.2) is 32.7 Å².